The SMILES string of the molecule is COc1cc2nc(C)nc(NCc3cccc(C(F)(F)F)c3F)c2cc1OCC(C)(C)OC. The van der Waals surface area contributed by atoms with Crippen LogP contribution in [-0.4, -0.2) is 36.4 Å². The lowest BCUT2D eigenvalue weighted by Gasteiger charge is -2.24. The second-order valence-electron chi connectivity index (χ2n) is 8.02. The van der Waals surface area contributed by atoms with Crippen LogP contribution in [0.1, 0.15) is 30.8 Å². The van der Waals surface area contributed by atoms with Gasteiger partial charge in [-0.15, -0.1) is 0 Å². The molecule has 10 heteroatoms. The van der Waals surface area contributed by atoms with Gasteiger partial charge in [0.15, 0.2) is 11.5 Å². The number of methoxy groups -OCH3 is 2. The van der Waals surface area contributed by atoms with Gasteiger partial charge in [0.25, 0.3) is 0 Å². The van der Waals surface area contributed by atoms with Crippen LogP contribution >= 0.6 is 0 Å². The molecule has 0 aliphatic carbocycles. The largest absolute Gasteiger partial charge is 0.493 e. The predicted octanol–water partition coefficient (Wildman–Crippen LogP) is 5.52. The van der Waals surface area contributed by atoms with Crippen molar-refractivity contribution in [3.05, 3.63) is 53.1 Å². The Balaban J connectivity index is 1.97. The molecule has 3 rings (SSSR count). The third-order valence-electron chi connectivity index (χ3n) is 5.05. The van der Waals surface area contributed by atoms with Crippen LogP contribution in [-0.2, 0) is 17.5 Å². The minimum atomic E-state index is -4.78. The lowest BCUT2D eigenvalue weighted by Crippen LogP contribution is -2.30. The fourth-order valence-electron chi connectivity index (χ4n) is 3.08. The third kappa shape index (κ3) is 5.62. The van der Waals surface area contributed by atoms with E-state index >= 15 is 0 Å². The van der Waals surface area contributed by atoms with Crippen molar-refractivity contribution in [3.8, 4) is 11.5 Å². The van der Waals surface area contributed by atoms with E-state index in [2.05, 4.69) is 15.3 Å². The van der Waals surface area contributed by atoms with Gasteiger partial charge in [0.2, 0.25) is 0 Å². The van der Waals surface area contributed by atoms with Crippen molar-refractivity contribution in [3.63, 3.8) is 0 Å². The van der Waals surface area contributed by atoms with Crippen molar-refractivity contribution in [2.45, 2.75) is 39.1 Å². The average Bonchev–Trinajstić information content (AvgIpc) is 2.75. The molecule has 2 aromatic carbocycles. The highest BCUT2D eigenvalue weighted by atomic mass is 19.4. The molecule has 0 atom stereocenters. The number of anilines is 1. The summed E-state index contributed by atoms with van der Waals surface area (Å²) in [4.78, 5) is 8.75. The second kappa shape index (κ2) is 9.38. The van der Waals surface area contributed by atoms with Crippen molar-refractivity contribution in [1.82, 2.24) is 9.97 Å². The minimum Gasteiger partial charge on any atom is -0.493 e. The number of halogens is 4. The predicted molar refractivity (Wildman–Crippen MR) is 116 cm³/mol. The monoisotopic (exact) mass is 467 g/mol. The molecule has 1 heterocycles. The lowest BCUT2D eigenvalue weighted by molar-refractivity contribution is -0.140. The first-order valence-electron chi connectivity index (χ1n) is 10.1. The van der Waals surface area contributed by atoms with Crippen molar-refractivity contribution in [2.75, 3.05) is 26.1 Å². The molecule has 3 aromatic rings. The number of alkyl halides is 3. The summed E-state index contributed by atoms with van der Waals surface area (Å²) in [6, 6.07) is 6.51. The zero-order valence-electron chi connectivity index (χ0n) is 18.9. The molecule has 178 valence electrons. The van der Waals surface area contributed by atoms with Crippen LogP contribution in [0.4, 0.5) is 23.4 Å². The molecule has 1 aromatic heterocycles. The van der Waals surface area contributed by atoms with Crippen LogP contribution < -0.4 is 14.8 Å². The second-order valence-corrected chi connectivity index (χ2v) is 8.02. The van der Waals surface area contributed by atoms with Gasteiger partial charge < -0.3 is 19.5 Å². The van der Waals surface area contributed by atoms with Gasteiger partial charge in [-0.3, -0.25) is 0 Å². The number of aryl methyl sites for hydroxylation is 1. The van der Waals surface area contributed by atoms with E-state index in [1.807, 2.05) is 13.8 Å². The summed E-state index contributed by atoms with van der Waals surface area (Å²) >= 11 is 0. The molecule has 1 N–H and O–H groups in total. The van der Waals surface area contributed by atoms with Crippen LogP contribution in [0.3, 0.4) is 0 Å². The zero-order valence-corrected chi connectivity index (χ0v) is 18.9. The number of fused-ring (bicyclic) bond motifs is 1. The molecule has 0 saturated carbocycles. The highest BCUT2D eigenvalue weighted by Crippen LogP contribution is 2.36. The number of rotatable bonds is 8. The van der Waals surface area contributed by atoms with Gasteiger partial charge in [0.05, 0.1) is 23.8 Å². The van der Waals surface area contributed by atoms with Crippen LogP contribution in [0, 0.1) is 12.7 Å². The molecule has 0 saturated heterocycles. The molecular weight excluding hydrogens is 442 g/mol. The minimum absolute atomic E-state index is 0.138. The van der Waals surface area contributed by atoms with Gasteiger partial charge in [-0.25, -0.2) is 14.4 Å². The molecule has 0 bridgehead atoms. The maximum Gasteiger partial charge on any atom is 0.419 e. The van der Waals surface area contributed by atoms with E-state index < -0.39 is 23.2 Å². The molecular formula is C23H25F4N3O3. The van der Waals surface area contributed by atoms with Crippen molar-refractivity contribution in [1.29, 1.82) is 0 Å². The number of ether oxygens (including phenoxy) is 3. The number of hydrogen-bond donors (Lipinski definition) is 1. The van der Waals surface area contributed by atoms with E-state index in [0.717, 1.165) is 0 Å². The quantitative estimate of drug-likeness (QED) is 0.440. The maximum absolute atomic E-state index is 14.4. The molecule has 0 aliphatic rings. The lowest BCUT2D eigenvalue weighted by atomic mass is 10.1. The number of hydrogen-bond acceptors (Lipinski definition) is 6. The average molecular weight is 467 g/mol. The number of benzene rings is 2. The van der Waals surface area contributed by atoms with Crippen molar-refractivity contribution < 1.29 is 31.8 Å². The van der Waals surface area contributed by atoms with Crippen LogP contribution in [0.25, 0.3) is 10.9 Å². The first-order chi connectivity index (χ1) is 15.4. The summed E-state index contributed by atoms with van der Waals surface area (Å²) in [7, 11) is 3.08. The van der Waals surface area contributed by atoms with E-state index in [0.29, 0.717) is 40.1 Å². The maximum atomic E-state index is 14.4. The fraction of sp³-hybridized carbons (Fsp3) is 0.391. The van der Waals surface area contributed by atoms with Gasteiger partial charge in [0.1, 0.15) is 24.1 Å². The number of aromatic nitrogens is 2. The molecule has 33 heavy (non-hydrogen) atoms. The summed E-state index contributed by atoms with van der Waals surface area (Å²) in [5.74, 6) is 0.289. The van der Waals surface area contributed by atoms with Gasteiger partial charge in [0, 0.05) is 30.7 Å². The first-order valence-corrected chi connectivity index (χ1v) is 10.1. The van der Waals surface area contributed by atoms with Crippen molar-refractivity contribution in [2.24, 2.45) is 0 Å². The number of nitrogens with one attached hydrogen (secondary N) is 1. The Kier molecular flexibility index (Phi) is 6.97. The third-order valence-corrected chi connectivity index (χ3v) is 5.05. The highest BCUT2D eigenvalue weighted by molar-refractivity contribution is 5.91. The zero-order chi connectivity index (χ0) is 24.4. The van der Waals surface area contributed by atoms with E-state index in [-0.39, 0.29) is 18.7 Å². The van der Waals surface area contributed by atoms with Gasteiger partial charge >= 0.3 is 6.18 Å². The molecule has 0 radical (unpaired) electrons. The topological polar surface area (TPSA) is 65.5 Å². The van der Waals surface area contributed by atoms with E-state index in [9.17, 15) is 17.6 Å². The Bertz CT molecular complexity index is 1150. The van der Waals surface area contributed by atoms with Crippen molar-refractivity contribution >= 4 is 16.7 Å². The van der Waals surface area contributed by atoms with Crippen LogP contribution in [0.5, 0.6) is 11.5 Å². The Morgan fingerprint density at radius 1 is 1.03 bits per heavy atom. The Morgan fingerprint density at radius 3 is 2.39 bits per heavy atom. The molecule has 0 aliphatic heterocycles. The summed E-state index contributed by atoms with van der Waals surface area (Å²) in [5.41, 5.74) is -1.47. The first kappa shape index (κ1) is 24.5. The van der Waals surface area contributed by atoms with Gasteiger partial charge in [-0.1, -0.05) is 12.1 Å². The standard InChI is InChI=1S/C23H25F4N3O3/c1-13-29-17-10-18(31-4)19(33-12-22(2,3)32-5)9-15(17)21(30-13)28-11-14-7-6-8-16(20(14)24)23(25,26)27/h6-10H,11-12H2,1-5H3,(H,28,29,30). The van der Waals surface area contributed by atoms with E-state index in [4.69, 9.17) is 14.2 Å². The smallest absolute Gasteiger partial charge is 0.419 e. The highest BCUT2D eigenvalue weighted by Gasteiger charge is 2.34. The summed E-state index contributed by atoms with van der Waals surface area (Å²) in [6.07, 6.45) is -4.78. The Labute approximate surface area is 188 Å². The molecule has 0 fully saturated rings. The normalized spacial score (nSPS) is 12.2. The Morgan fingerprint density at radius 2 is 1.76 bits per heavy atom. The summed E-state index contributed by atoms with van der Waals surface area (Å²) in [5, 5.41) is 3.47. The van der Waals surface area contributed by atoms with Crippen LogP contribution in [0.2, 0.25) is 0 Å². The van der Waals surface area contributed by atoms with Gasteiger partial charge in [-0.2, -0.15) is 13.2 Å². The van der Waals surface area contributed by atoms with Crippen LogP contribution in [0.15, 0.2) is 30.3 Å². The van der Waals surface area contributed by atoms with Gasteiger partial charge in [-0.05, 0) is 32.9 Å². The van der Waals surface area contributed by atoms with E-state index in [1.54, 1.807) is 26.2 Å². The fourth-order valence-corrected chi connectivity index (χ4v) is 3.08. The number of nitrogens with zero attached hydrogens (tertiary/aromatic N) is 2. The molecule has 0 spiro atoms. The van der Waals surface area contributed by atoms with E-state index in [1.165, 1.54) is 19.2 Å². The molecule has 6 nitrogen and oxygen atoms in total. The summed E-state index contributed by atoms with van der Waals surface area (Å²) < 4.78 is 70.2. The molecule has 0 unspecified atom stereocenters. The molecule has 0 amide bonds. The summed E-state index contributed by atoms with van der Waals surface area (Å²) in [6.45, 7) is 5.43. The Hall–Kier alpha value is -3.14.